The highest BCUT2D eigenvalue weighted by molar-refractivity contribution is 5.90. The van der Waals surface area contributed by atoms with Crippen molar-refractivity contribution in [3.63, 3.8) is 0 Å². The molecule has 0 aliphatic carbocycles. The van der Waals surface area contributed by atoms with Crippen LogP contribution in [0.3, 0.4) is 0 Å². The number of rotatable bonds is 4. The van der Waals surface area contributed by atoms with E-state index in [0.717, 1.165) is 31.1 Å². The van der Waals surface area contributed by atoms with Gasteiger partial charge in [-0.3, -0.25) is 4.79 Å². The number of ether oxygens (including phenoxy) is 1. The van der Waals surface area contributed by atoms with E-state index < -0.39 is 5.91 Å². The Kier molecular flexibility index (Phi) is 3.43. The van der Waals surface area contributed by atoms with Crippen molar-refractivity contribution >= 4 is 11.7 Å². The second-order valence-electron chi connectivity index (χ2n) is 4.87. The van der Waals surface area contributed by atoms with E-state index in [-0.39, 0.29) is 11.7 Å². The molecule has 1 atom stereocenters. The molecule has 1 fully saturated rings. The Morgan fingerprint density at radius 2 is 2.38 bits per heavy atom. The lowest BCUT2D eigenvalue weighted by molar-refractivity contribution is 0.0995. The van der Waals surface area contributed by atoms with Gasteiger partial charge in [-0.15, -0.1) is 5.10 Å². The minimum Gasteiger partial charge on any atom is -0.493 e. The van der Waals surface area contributed by atoms with E-state index in [2.05, 4.69) is 20.2 Å². The van der Waals surface area contributed by atoms with Crippen molar-refractivity contribution in [1.29, 1.82) is 0 Å². The number of carbonyl (C=O) groups is 1. The molecule has 3 rings (SSSR count). The zero-order valence-electron chi connectivity index (χ0n) is 11.6. The SMILES string of the molecule is COc1cccnc1N1CCC(n2cc(C(N)=O)nn2)C1. The molecule has 1 aliphatic heterocycles. The summed E-state index contributed by atoms with van der Waals surface area (Å²) in [4.78, 5) is 17.6. The first kappa shape index (κ1) is 13.3. The maximum absolute atomic E-state index is 11.1. The number of methoxy groups -OCH3 is 1. The highest BCUT2D eigenvalue weighted by atomic mass is 16.5. The summed E-state index contributed by atoms with van der Waals surface area (Å²) < 4.78 is 7.02. The molecule has 1 unspecified atom stereocenters. The summed E-state index contributed by atoms with van der Waals surface area (Å²) in [5.41, 5.74) is 5.37. The van der Waals surface area contributed by atoms with Gasteiger partial charge in [-0.25, -0.2) is 9.67 Å². The lowest BCUT2D eigenvalue weighted by Gasteiger charge is -2.19. The van der Waals surface area contributed by atoms with Gasteiger partial charge in [0.15, 0.2) is 17.3 Å². The van der Waals surface area contributed by atoms with Crippen LogP contribution in [0.1, 0.15) is 23.0 Å². The number of nitrogens with two attached hydrogens (primary N) is 1. The molecule has 8 nitrogen and oxygen atoms in total. The first-order chi connectivity index (χ1) is 10.2. The Hall–Kier alpha value is -2.64. The van der Waals surface area contributed by atoms with E-state index in [0.29, 0.717) is 0 Å². The summed E-state index contributed by atoms with van der Waals surface area (Å²) in [6.07, 6.45) is 4.22. The number of primary amides is 1. The Balaban J connectivity index is 1.77. The van der Waals surface area contributed by atoms with E-state index in [9.17, 15) is 4.79 Å². The van der Waals surface area contributed by atoms with Gasteiger partial charge in [-0.2, -0.15) is 0 Å². The minimum absolute atomic E-state index is 0.136. The average Bonchev–Trinajstić information content (AvgIpc) is 3.16. The van der Waals surface area contributed by atoms with Crippen molar-refractivity contribution in [3.05, 3.63) is 30.2 Å². The Bertz CT molecular complexity index is 656. The van der Waals surface area contributed by atoms with Crippen molar-refractivity contribution in [3.8, 4) is 5.75 Å². The molecule has 1 saturated heterocycles. The molecule has 0 saturated carbocycles. The number of amides is 1. The fourth-order valence-corrected chi connectivity index (χ4v) is 2.50. The predicted molar refractivity (Wildman–Crippen MR) is 75.2 cm³/mol. The number of hydrogen-bond acceptors (Lipinski definition) is 6. The van der Waals surface area contributed by atoms with Crippen LogP contribution in [0.15, 0.2) is 24.5 Å². The van der Waals surface area contributed by atoms with Crippen LogP contribution < -0.4 is 15.4 Å². The molecule has 3 heterocycles. The summed E-state index contributed by atoms with van der Waals surface area (Å²) in [6, 6.07) is 3.86. The summed E-state index contributed by atoms with van der Waals surface area (Å²) >= 11 is 0. The molecule has 21 heavy (non-hydrogen) atoms. The summed E-state index contributed by atoms with van der Waals surface area (Å²) in [5, 5.41) is 7.75. The Morgan fingerprint density at radius 1 is 1.52 bits per heavy atom. The third-order valence-corrected chi connectivity index (χ3v) is 3.57. The zero-order chi connectivity index (χ0) is 14.8. The van der Waals surface area contributed by atoms with Crippen molar-refractivity contribution < 1.29 is 9.53 Å². The van der Waals surface area contributed by atoms with Crippen molar-refractivity contribution in [2.75, 3.05) is 25.1 Å². The van der Waals surface area contributed by atoms with Gasteiger partial charge in [0.1, 0.15) is 0 Å². The number of carbonyl (C=O) groups excluding carboxylic acids is 1. The lowest BCUT2D eigenvalue weighted by atomic mass is 10.3. The van der Waals surface area contributed by atoms with Crippen LogP contribution in [0, 0.1) is 0 Å². The van der Waals surface area contributed by atoms with Gasteiger partial charge in [0.2, 0.25) is 0 Å². The molecule has 8 heteroatoms. The molecule has 0 spiro atoms. The van der Waals surface area contributed by atoms with E-state index in [1.807, 2.05) is 12.1 Å². The van der Waals surface area contributed by atoms with E-state index in [4.69, 9.17) is 10.5 Å². The normalized spacial score (nSPS) is 18.0. The molecule has 1 amide bonds. The van der Waals surface area contributed by atoms with E-state index in [1.165, 1.54) is 0 Å². The number of aromatic nitrogens is 4. The van der Waals surface area contributed by atoms with Gasteiger partial charge in [-0.1, -0.05) is 5.21 Å². The average molecular weight is 288 g/mol. The Labute approximate surface area is 121 Å². The monoisotopic (exact) mass is 288 g/mol. The quantitative estimate of drug-likeness (QED) is 0.864. The largest absolute Gasteiger partial charge is 0.493 e. The topological polar surface area (TPSA) is 99.2 Å². The van der Waals surface area contributed by atoms with Crippen LogP contribution in [0.25, 0.3) is 0 Å². The third kappa shape index (κ3) is 2.51. The molecule has 2 N–H and O–H groups in total. The smallest absolute Gasteiger partial charge is 0.270 e. The fraction of sp³-hybridized carbons (Fsp3) is 0.385. The van der Waals surface area contributed by atoms with E-state index in [1.54, 1.807) is 24.2 Å². The molecule has 110 valence electrons. The highest BCUT2D eigenvalue weighted by Gasteiger charge is 2.27. The predicted octanol–water partition coefficient (Wildman–Crippen LogP) is 0.232. The van der Waals surface area contributed by atoms with Gasteiger partial charge in [0.05, 0.1) is 19.3 Å². The second-order valence-corrected chi connectivity index (χ2v) is 4.87. The summed E-state index contributed by atoms with van der Waals surface area (Å²) in [7, 11) is 1.63. The fourth-order valence-electron chi connectivity index (χ4n) is 2.50. The molecule has 0 aromatic carbocycles. The van der Waals surface area contributed by atoms with Crippen LogP contribution in [-0.4, -0.2) is 46.1 Å². The Morgan fingerprint density at radius 3 is 3.10 bits per heavy atom. The molecule has 2 aromatic heterocycles. The van der Waals surface area contributed by atoms with Crippen LogP contribution in [-0.2, 0) is 0 Å². The van der Waals surface area contributed by atoms with Gasteiger partial charge in [0.25, 0.3) is 5.91 Å². The molecule has 1 aliphatic rings. The summed E-state index contributed by atoms with van der Waals surface area (Å²) in [5.74, 6) is 0.995. The zero-order valence-corrected chi connectivity index (χ0v) is 11.6. The number of pyridine rings is 1. The highest BCUT2D eigenvalue weighted by Crippen LogP contribution is 2.31. The maximum atomic E-state index is 11.1. The standard InChI is InChI=1S/C13H16N6O2/c1-21-11-3-2-5-15-13(11)18-6-4-9(7-18)19-8-10(12(14)20)16-17-19/h2-3,5,8-9H,4,6-7H2,1H3,(H2,14,20). The van der Waals surface area contributed by atoms with Gasteiger partial charge in [-0.05, 0) is 18.6 Å². The van der Waals surface area contributed by atoms with Gasteiger partial charge in [0, 0.05) is 19.3 Å². The van der Waals surface area contributed by atoms with Crippen molar-refractivity contribution in [2.45, 2.75) is 12.5 Å². The van der Waals surface area contributed by atoms with Gasteiger partial charge >= 0.3 is 0 Å². The first-order valence-electron chi connectivity index (χ1n) is 6.64. The van der Waals surface area contributed by atoms with Gasteiger partial charge < -0.3 is 15.4 Å². The number of nitrogens with zero attached hydrogens (tertiary/aromatic N) is 5. The first-order valence-corrected chi connectivity index (χ1v) is 6.64. The third-order valence-electron chi connectivity index (χ3n) is 3.57. The lowest BCUT2D eigenvalue weighted by Crippen LogP contribution is -2.22. The summed E-state index contributed by atoms with van der Waals surface area (Å²) in [6.45, 7) is 1.57. The number of hydrogen-bond donors (Lipinski definition) is 1. The van der Waals surface area contributed by atoms with Crippen LogP contribution >= 0.6 is 0 Å². The van der Waals surface area contributed by atoms with Crippen LogP contribution in [0.2, 0.25) is 0 Å². The molecule has 2 aromatic rings. The maximum Gasteiger partial charge on any atom is 0.270 e. The minimum atomic E-state index is -0.567. The van der Waals surface area contributed by atoms with Crippen molar-refractivity contribution in [2.24, 2.45) is 5.73 Å². The van der Waals surface area contributed by atoms with Crippen molar-refractivity contribution in [1.82, 2.24) is 20.0 Å². The molecule has 0 bridgehead atoms. The van der Waals surface area contributed by atoms with Crippen LogP contribution in [0.5, 0.6) is 5.75 Å². The molecule has 0 radical (unpaired) electrons. The molecular formula is C13H16N6O2. The number of anilines is 1. The molecular weight excluding hydrogens is 272 g/mol. The second kappa shape index (κ2) is 5.39. The van der Waals surface area contributed by atoms with E-state index >= 15 is 0 Å². The van der Waals surface area contributed by atoms with Crippen LogP contribution in [0.4, 0.5) is 5.82 Å².